The number of ether oxygens (including phenoxy) is 1. The highest BCUT2D eigenvalue weighted by Crippen LogP contribution is 2.33. The second-order valence-corrected chi connectivity index (χ2v) is 15.7. The molecule has 6 rings (SSSR count). The van der Waals surface area contributed by atoms with Crippen LogP contribution in [-0.2, 0) is 14.8 Å². The molecule has 14 heteroatoms. The maximum Gasteiger partial charge on any atom is 0.243 e. The molecule has 4 heterocycles. The van der Waals surface area contributed by atoms with Gasteiger partial charge in [0, 0.05) is 60.1 Å². The van der Waals surface area contributed by atoms with Crippen molar-refractivity contribution in [3.63, 3.8) is 0 Å². The van der Waals surface area contributed by atoms with E-state index in [-0.39, 0.29) is 23.7 Å². The molecule has 2 aliphatic heterocycles. The Bertz CT molecular complexity index is 1910. The monoisotopic (exact) mass is 728 g/mol. The van der Waals surface area contributed by atoms with Crippen molar-refractivity contribution >= 4 is 44.9 Å². The van der Waals surface area contributed by atoms with Gasteiger partial charge in [0.2, 0.25) is 21.9 Å². The van der Waals surface area contributed by atoms with Gasteiger partial charge in [0.15, 0.2) is 0 Å². The van der Waals surface area contributed by atoms with E-state index in [4.69, 9.17) is 4.74 Å². The van der Waals surface area contributed by atoms with Crippen LogP contribution in [0.25, 0.3) is 0 Å². The molecule has 2 aromatic heterocycles. The second kappa shape index (κ2) is 17.0. The van der Waals surface area contributed by atoms with Crippen molar-refractivity contribution in [1.29, 1.82) is 0 Å². The van der Waals surface area contributed by atoms with Gasteiger partial charge in [-0.2, -0.15) is 14.3 Å². The van der Waals surface area contributed by atoms with E-state index in [0.717, 1.165) is 74.5 Å². The Kier molecular flexibility index (Phi) is 12.2. The van der Waals surface area contributed by atoms with E-state index < -0.39 is 10.0 Å². The van der Waals surface area contributed by atoms with Crippen molar-refractivity contribution in [1.82, 2.24) is 29.1 Å². The van der Waals surface area contributed by atoms with Crippen LogP contribution >= 0.6 is 0 Å². The van der Waals surface area contributed by atoms with Crippen LogP contribution in [0.3, 0.4) is 0 Å². The molecule has 2 atom stereocenters. The number of anilines is 6. The smallest absolute Gasteiger partial charge is 0.243 e. The molecule has 13 nitrogen and oxygen atoms in total. The topological polar surface area (TPSA) is 150 Å². The molecule has 0 aliphatic carbocycles. The molecule has 2 fully saturated rings. The van der Waals surface area contributed by atoms with E-state index in [1.165, 1.54) is 5.56 Å². The fourth-order valence-corrected chi connectivity index (χ4v) is 8.91. The molecule has 0 spiro atoms. The molecule has 0 bridgehead atoms. The summed E-state index contributed by atoms with van der Waals surface area (Å²) in [5.74, 6) is 2.98. The number of rotatable bonds is 15. The minimum atomic E-state index is -3.61. The van der Waals surface area contributed by atoms with Gasteiger partial charge in [-0.15, -0.1) is 0 Å². The Morgan fingerprint density at radius 3 is 2.04 bits per heavy atom. The molecule has 0 radical (unpaired) electrons. The maximum absolute atomic E-state index is 13.5. The fraction of sp³-hybridized carbons (Fsp3) is 0.474. The predicted molar refractivity (Wildman–Crippen MR) is 207 cm³/mol. The number of sulfonamides is 1. The standard InChI is InChI=1S/C38H52N10O3S/c1-6-39-37-40-23-26(2)35(45-37)43-32-10-7-9-31(21-32)30-15-17-47(18-16-30)19-20-51-25-42-38-41-24-27(3)36(46-38)44-33-11-8-12-34(22-33)52(49,50)48-28(4)13-14-29(48)5/h7-12,21-24,28-30H,6,13-20,25H2,1-5H3,(H2,39,40,43,45)(H2,41,42,44,46). The normalized spacial score (nSPS) is 18.7. The van der Waals surface area contributed by atoms with Gasteiger partial charge in [0.1, 0.15) is 18.4 Å². The highest BCUT2D eigenvalue weighted by atomic mass is 32.2. The first-order valence-corrected chi connectivity index (χ1v) is 19.8. The van der Waals surface area contributed by atoms with Crippen molar-refractivity contribution in [3.05, 3.63) is 77.6 Å². The molecule has 2 aliphatic rings. The van der Waals surface area contributed by atoms with Gasteiger partial charge in [0.25, 0.3) is 0 Å². The van der Waals surface area contributed by atoms with Crippen LogP contribution in [0.4, 0.5) is 34.9 Å². The van der Waals surface area contributed by atoms with E-state index in [9.17, 15) is 8.42 Å². The van der Waals surface area contributed by atoms with Crippen LogP contribution in [-0.4, -0.2) is 89.2 Å². The van der Waals surface area contributed by atoms with Crippen LogP contribution in [0.15, 0.2) is 65.8 Å². The summed E-state index contributed by atoms with van der Waals surface area (Å²) < 4.78 is 34.5. The predicted octanol–water partition coefficient (Wildman–Crippen LogP) is 6.63. The van der Waals surface area contributed by atoms with Crippen LogP contribution < -0.4 is 21.3 Å². The van der Waals surface area contributed by atoms with Crippen molar-refractivity contribution in [3.8, 4) is 0 Å². The number of piperidine rings is 1. The molecule has 4 aromatic rings. The van der Waals surface area contributed by atoms with Crippen molar-refractivity contribution < 1.29 is 13.2 Å². The quantitative estimate of drug-likeness (QED) is 0.0769. The second-order valence-electron chi connectivity index (χ2n) is 13.8. The minimum absolute atomic E-state index is 0.0141. The summed E-state index contributed by atoms with van der Waals surface area (Å²) in [6.07, 6.45) is 7.51. The third kappa shape index (κ3) is 9.16. The zero-order valence-corrected chi connectivity index (χ0v) is 31.7. The number of hydrogen-bond acceptors (Lipinski definition) is 12. The van der Waals surface area contributed by atoms with Gasteiger partial charge in [0.05, 0.1) is 11.5 Å². The Morgan fingerprint density at radius 2 is 1.40 bits per heavy atom. The average molecular weight is 729 g/mol. The Morgan fingerprint density at radius 1 is 0.808 bits per heavy atom. The number of benzene rings is 2. The van der Waals surface area contributed by atoms with Crippen molar-refractivity contribution in [2.24, 2.45) is 0 Å². The van der Waals surface area contributed by atoms with Gasteiger partial charge in [-0.3, -0.25) is 0 Å². The molecule has 52 heavy (non-hydrogen) atoms. The summed E-state index contributed by atoms with van der Waals surface area (Å²) in [7, 11) is -3.61. The summed E-state index contributed by atoms with van der Waals surface area (Å²) in [5.41, 5.74) is 4.87. The molecule has 0 saturated carbocycles. The highest BCUT2D eigenvalue weighted by Gasteiger charge is 2.37. The lowest BCUT2D eigenvalue weighted by atomic mass is 9.89. The van der Waals surface area contributed by atoms with Gasteiger partial charge in [-0.05, 0) is 115 Å². The lowest BCUT2D eigenvalue weighted by Gasteiger charge is -2.32. The number of nitrogens with one attached hydrogen (secondary N) is 4. The highest BCUT2D eigenvalue weighted by molar-refractivity contribution is 7.89. The molecular formula is C38H52N10O3S. The summed E-state index contributed by atoms with van der Waals surface area (Å²) in [6.45, 7) is 14.4. The van der Waals surface area contributed by atoms with Gasteiger partial charge in [-0.25, -0.2) is 18.4 Å². The molecule has 278 valence electrons. The van der Waals surface area contributed by atoms with Crippen LogP contribution in [0.1, 0.15) is 69.1 Å². The summed E-state index contributed by atoms with van der Waals surface area (Å²) in [6, 6.07) is 15.6. The summed E-state index contributed by atoms with van der Waals surface area (Å²) in [4.78, 5) is 20.7. The zero-order valence-electron chi connectivity index (χ0n) is 30.9. The van der Waals surface area contributed by atoms with Crippen LogP contribution in [0.5, 0.6) is 0 Å². The van der Waals surface area contributed by atoms with E-state index in [1.54, 1.807) is 28.7 Å². The third-order valence-corrected chi connectivity index (χ3v) is 12.0. The molecule has 2 saturated heterocycles. The Hall–Kier alpha value is -4.37. The number of nitrogens with zero attached hydrogens (tertiary/aromatic N) is 6. The number of aromatic nitrogens is 4. The maximum atomic E-state index is 13.5. The van der Waals surface area contributed by atoms with Crippen molar-refractivity contribution in [2.75, 3.05) is 60.8 Å². The molecule has 2 aromatic carbocycles. The largest absolute Gasteiger partial charge is 0.360 e. The van der Waals surface area contributed by atoms with E-state index in [2.05, 4.69) is 70.4 Å². The van der Waals surface area contributed by atoms with Crippen LogP contribution in [0.2, 0.25) is 0 Å². The lowest BCUT2D eigenvalue weighted by Crippen LogP contribution is -2.38. The Labute approximate surface area is 308 Å². The molecule has 4 N–H and O–H groups in total. The summed E-state index contributed by atoms with van der Waals surface area (Å²) >= 11 is 0. The van der Waals surface area contributed by atoms with Gasteiger partial charge < -0.3 is 30.9 Å². The lowest BCUT2D eigenvalue weighted by molar-refractivity contribution is 0.105. The fourth-order valence-electron chi connectivity index (χ4n) is 6.98. The van der Waals surface area contributed by atoms with Crippen molar-refractivity contribution in [2.45, 2.75) is 83.2 Å². The van der Waals surface area contributed by atoms with Crippen LogP contribution in [0, 0.1) is 13.8 Å². The minimum Gasteiger partial charge on any atom is -0.360 e. The van der Waals surface area contributed by atoms with E-state index in [0.29, 0.717) is 35.9 Å². The van der Waals surface area contributed by atoms with E-state index in [1.807, 2.05) is 46.9 Å². The number of hydrogen-bond donors (Lipinski definition) is 4. The average Bonchev–Trinajstić information content (AvgIpc) is 3.49. The SMILES string of the molecule is CCNc1ncc(C)c(Nc2cccc(C3CCN(CCOCNc4ncc(C)c(Nc5cccc(S(=O)(=O)N6C(C)CCC6C)c5)n4)CC3)c2)n1. The number of likely N-dealkylation sites (tertiary alicyclic amines) is 1. The summed E-state index contributed by atoms with van der Waals surface area (Å²) in [5, 5.41) is 13.1. The number of aryl methyl sites for hydroxylation is 2. The Balaban J connectivity index is 0.944. The van der Waals surface area contributed by atoms with E-state index >= 15 is 0 Å². The third-order valence-electron chi connectivity index (χ3n) is 9.91. The molecule has 2 unspecified atom stereocenters. The van der Waals surface area contributed by atoms with Gasteiger partial charge in [-0.1, -0.05) is 18.2 Å². The first-order valence-electron chi connectivity index (χ1n) is 18.3. The molecular weight excluding hydrogens is 677 g/mol. The molecule has 0 amide bonds. The first-order chi connectivity index (χ1) is 25.1. The zero-order chi connectivity index (χ0) is 36.7. The first kappa shape index (κ1) is 37.4. The van der Waals surface area contributed by atoms with Gasteiger partial charge >= 0.3 is 0 Å².